The van der Waals surface area contributed by atoms with Crippen molar-refractivity contribution in [3.8, 4) is 5.75 Å². The summed E-state index contributed by atoms with van der Waals surface area (Å²) in [6.45, 7) is 1.05. The Kier molecular flexibility index (Phi) is 3.69. The zero-order chi connectivity index (χ0) is 11.5. The van der Waals surface area contributed by atoms with Gasteiger partial charge in [-0.15, -0.1) is 0 Å². The molecule has 1 aliphatic carbocycles. The summed E-state index contributed by atoms with van der Waals surface area (Å²) in [6, 6.07) is 3.85. The molecule has 0 spiro atoms. The first-order valence-corrected chi connectivity index (χ1v) is 6.46. The van der Waals surface area contributed by atoms with Gasteiger partial charge in [-0.3, -0.25) is 0 Å². The number of methoxy groups -OCH3 is 1. The molecule has 1 aliphatic rings. The third-order valence-corrected chi connectivity index (χ3v) is 3.79. The summed E-state index contributed by atoms with van der Waals surface area (Å²) in [5.41, 5.74) is 0. The molecule has 0 atom stereocenters. The second-order valence-corrected chi connectivity index (χ2v) is 5.64. The molecule has 0 bridgehead atoms. The molecule has 0 aliphatic heterocycles. The summed E-state index contributed by atoms with van der Waals surface area (Å²) in [4.78, 5) is 7.27. The predicted molar refractivity (Wildman–Crippen MR) is 69.5 cm³/mol. The first-order valence-electron chi connectivity index (χ1n) is 5.55. The molecule has 1 saturated carbocycles. The van der Waals surface area contributed by atoms with Crippen molar-refractivity contribution in [1.82, 2.24) is 4.98 Å². The average Bonchev–Trinajstić information content (AvgIpc) is 2.27. The van der Waals surface area contributed by atoms with Crippen molar-refractivity contribution in [1.29, 1.82) is 0 Å². The van der Waals surface area contributed by atoms with Crippen LogP contribution in [0.3, 0.4) is 0 Å². The number of hydrogen-bond donors (Lipinski definition) is 0. The SMILES string of the molecule is COc1cccnc1N(C)CC1CC(Br)C1. The minimum Gasteiger partial charge on any atom is -0.493 e. The second-order valence-electron chi connectivity index (χ2n) is 4.34. The van der Waals surface area contributed by atoms with Crippen molar-refractivity contribution in [3.05, 3.63) is 18.3 Å². The molecule has 4 heteroatoms. The van der Waals surface area contributed by atoms with Gasteiger partial charge in [-0.1, -0.05) is 15.9 Å². The fourth-order valence-electron chi connectivity index (χ4n) is 2.11. The van der Waals surface area contributed by atoms with E-state index in [2.05, 4.69) is 32.9 Å². The Morgan fingerprint density at radius 2 is 2.31 bits per heavy atom. The largest absolute Gasteiger partial charge is 0.493 e. The fourth-order valence-corrected chi connectivity index (χ4v) is 3.16. The van der Waals surface area contributed by atoms with Gasteiger partial charge in [-0.05, 0) is 30.9 Å². The summed E-state index contributed by atoms with van der Waals surface area (Å²) < 4.78 is 5.31. The molecule has 1 aromatic rings. The molecule has 3 nitrogen and oxygen atoms in total. The van der Waals surface area contributed by atoms with E-state index in [1.807, 2.05) is 18.3 Å². The smallest absolute Gasteiger partial charge is 0.171 e. The third kappa shape index (κ3) is 2.48. The summed E-state index contributed by atoms with van der Waals surface area (Å²) in [7, 11) is 3.76. The summed E-state index contributed by atoms with van der Waals surface area (Å²) in [5.74, 6) is 2.56. The van der Waals surface area contributed by atoms with Gasteiger partial charge in [-0.2, -0.15) is 0 Å². The monoisotopic (exact) mass is 284 g/mol. The van der Waals surface area contributed by atoms with E-state index < -0.39 is 0 Å². The van der Waals surface area contributed by atoms with E-state index in [9.17, 15) is 0 Å². The number of hydrogen-bond acceptors (Lipinski definition) is 3. The van der Waals surface area contributed by atoms with Crippen molar-refractivity contribution in [3.63, 3.8) is 0 Å². The van der Waals surface area contributed by atoms with Gasteiger partial charge in [-0.25, -0.2) is 4.98 Å². The Morgan fingerprint density at radius 1 is 1.56 bits per heavy atom. The van der Waals surface area contributed by atoms with Gasteiger partial charge in [0.2, 0.25) is 0 Å². The van der Waals surface area contributed by atoms with Crippen LogP contribution in [-0.2, 0) is 0 Å². The molecule has 0 radical (unpaired) electrons. The van der Waals surface area contributed by atoms with E-state index in [-0.39, 0.29) is 0 Å². The summed E-state index contributed by atoms with van der Waals surface area (Å²) in [6.07, 6.45) is 4.33. The molecule has 16 heavy (non-hydrogen) atoms. The highest BCUT2D eigenvalue weighted by Gasteiger charge is 2.28. The lowest BCUT2D eigenvalue weighted by molar-refractivity contribution is 0.336. The molecule has 0 saturated heterocycles. The maximum atomic E-state index is 5.31. The molecule has 0 amide bonds. The maximum Gasteiger partial charge on any atom is 0.171 e. The third-order valence-electron chi connectivity index (χ3n) is 3.04. The Hall–Kier alpha value is -0.770. The Balaban J connectivity index is 1.99. The molecular formula is C12H17BrN2O. The highest BCUT2D eigenvalue weighted by molar-refractivity contribution is 9.09. The van der Waals surface area contributed by atoms with Gasteiger partial charge in [0, 0.05) is 24.6 Å². The van der Waals surface area contributed by atoms with E-state index in [0.717, 1.165) is 28.9 Å². The van der Waals surface area contributed by atoms with Crippen LogP contribution >= 0.6 is 15.9 Å². The zero-order valence-electron chi connectivity index (χ0n) is 9.69. The van der Waals surface area contributed by atoms with Crippen molar-refractivity contribution in [2.24, 2.45) is 5.92 Å². The quantitative estimate of drug-likeness (QED) is 0.795. The topological polar surface area (TPSA) is 25.4 Å². The van der Waals surface area contributed by atoms with Crippen LogP contribution in [0.1, 0.15) is 12.8 Å². The number of rotatable bonds is 4. The van der Waals surface area contributed by atoms with Gasteiger partial charge >= 0.3 is 0 Å². The number of anilines is 1. The van der Waals surface area contributed by atoms with Crippen LogP contribution in [0, 0.1) is 5.92 Å². The minimum absolute atomic E-state index is 0.719. The highest BCUT2D eigenvalue weighted by atomic mass is 79.9. The number of nitrogens with zero attached hydrogens (tertiary/aromatic N) is 2. The maximum absolute atomic E-state index is 5.31. The lowest BCUT2D eigenvalue weighted by atomic mass is 9.85. The summed E-state index contributed by atoms with van der Waals surface area (Å²) >= 11 is 3.62. The van der Waals surface area contributed by atoms with Gasteiger partial charge < -0.3 is 9.64 Å². The lowest BCUT2D eigenvalue weighted by Crippen LogP contribution is -2.35. The van der Waals surface area contributed by atoms with Gasteiger partial charge in [0.1, 0.15) is 0 Å². The van der Waals surface area contributed by atoms with E-state index >= 15 is 0 Å². The molecule has 0 unspecified atom stereocenters. The zero-order valence-corrected chi connectivity index (χ0v) is 11.3. The highest BCUT2D eigenvalue weighted by Crippen LogP contribution is 2.35. The molecule has 0 aromatic carbocycles. The van der Waals surface area contributed by atoms with Crippen LogP contribution in [0.25, 0.3) is 0 Å². The minimum atomic E-state index is 0.719. The number of halogens is 1. The molecule has 88 valence electrons. The predicted octanol–water partition coefficient (Wildman–Crippen LogP) is 2.70. The van der Waals surface area contributed by atoms with Crippen LogP contribution in [-0.4, -0.2) is 30.5 Å². The lowest BCUT2D eigenvalue weighted by Gasteiger charge is -2.35. The van der Waals surface area contributed by atoms with E-state index in [1.165, 1.54) is 12.8 Å². The Bertz CT molecular complexity index is 353. The number of ether oxygens (including phenoxy) is 1. The molecular weight excluding hydrogens is 268 g/mol. The normalized spacial score (nSPS) is 23.7. The van der Waals surface area contributed by atoms with Crippen molar-refractivity contribution < 1.29 is 4.74 Å². The first kappa shape index (κ1) is 11.7. The van der Waals surface area contributed by atoms with E-state index in [1.54, 1.807) is 7.11 Å². The number of alkyl halides is 1. The van der Waals surface area contributed by atoms with Gasteiger partial charge in [0.05, 0.1) is 7.11 Å². The van der Waals surface area contributed by atoms with Crippen molar-refractivity contribution in [2.75, 3.05) is 25.6 Å². The van der Waals surface area contributed by atoms with Gasteiger partial charge in [0.25, 0.3) is 0 Å². The van der Waals surface area contributed by atoms with Crippen LogP contribution in [0.5, 0.6) is 5.75 Å². The second kappa shape index (κ2) is 5.04. The molecule has 1 aromatic heterocycles. The van der Waals surface area contributed by atoms with Gasteiger partial charge in [0.15, 0.2) is 11.6 Å². The number of pyridine rings is 1. The van der Waals surface area contributed by atoms with Crippen LogP contribution in [0.4, 0.5) is 5.82 Å². The summed E-state index contributed by atoms with van der Waals surface area (Å²) in [5, 5.41) is 0. The Labute approximate surface area is 105 Å². The molecule has 1 fully saturated rings. The van der Waals surface area contributed by atoms with Crippen molar-refractivity contribution in [2.45, 2.75) is 17.7 Å². The molecule has 2 rings (SSSR count). The number of aromatic nitrogens is 1. The molecule has 1 heterocycles. The van der Waals surface area contributed by atoms with Crippen molar-refractivity contribution >= 4 is 21.7 Å². The van der Waals surface area contributed by atoms with Crippen LogP contribution < -0.4 is 9.64 Å². The standard InChI is InChI=1S/C12H17BrN2O/c1-15(8-9-6-10(13)7-9)12-11(16-2)4-3-5-14-12/h3-5,9-10H,6-8H2,1-2H3. The fraction of sp³-hybridized carbons (Fsp3) is 0.583. The van der Waals surface area contributed by atoms with E-state index in [4.69, 9.17) is 4.74 Å². The Morgan fingerprint density at radius 3 is 2.94 bits per heavy atom. The average molecular weight is 285 g/mol. The molecule has 0 N–H and O–H groups in total. The van der Waals surface area contributed by atoms with Crippen LogP contribution in [0.15, 0.2) is 18.3 Å². The first-order chi connectivity index (χ1) is 7.70. The van der Waals surface area contributed by atoms with Crippen LogP contribution in [0.2, 0.25) is 0 Å². The van der Waals surface area contributed by atoms with E-state index in [0.29, 0.717) is 0 Å².